The second-order valence-electron chi connectivity index (χ2n) is 5.99. The zero-order valence-corrected chi connectivity index (χ0v) is 12.6. The molecule has 2 nitrogen and oxygen atoms in total. The summed E-state index contributed by atoms with van der Waals surface area (Å²) in [7, 11) is 0. The molecule has 0 unspecified atom stereocenters. The molecule has 98 valence electrons. The largest absolute Gasteiger partial charge is 0.325 e. The molecule has 0 saturated heterocycles. The quantitative estimate of drug-likeness (QED) is 0.843. The van der Waals surface area contributed by atoms with Crippen molar-refractivity contribution in [1.82, 2.24) is 4.90 Å². The van der Waals surface area contributed by atoms with Crippen LogP contribution in [-0.4, -0.2) is 23.5 Å². The van der Waals surface area contributed by atoms with Crippen molar-refractivity contribution in [3.8, 4) is 0 Å². The summed E-state index contributed by atoms with van der Waals surface area (Å²) in [6.07, 6.45) is 0. The third kappa shape index (κ3) is 4.09. The highest BCUT2D eigenvalue weighted by atomic mass is 32.1. The van der Waals surface area contributed by atoms with E-state index in [1.165, 1.54) is 4.88 Å². The Morgan fingerprint density at radius 2 is 1.94 bits per heavy atom. The van der Waals surface area contributed by atoms with Crippen molar-refractivity contribution in [2.45, 2.75) is 46.7 Å². The van der Waals surface area contributed by atoms with Crippen LogP contribution >= 0.6 is 11.3 Å². The van der Waals surface area contributed by atoms with Gasteiger partial charge in [0.2, 0.25) is 0 Å². The van der Waals surface area contributed by atoms with Crippen molar-refractivity contribution in [2.24, 2.45) is 11.1 Å². The molecule has 3 heteroatoms. The number of hydrogen-bond acceptors (Lipinski definition) is 3. The Morgan fingerprint density at radius 3 is 2.35 bits per heavy atom. The predicted molar refractivity (Wildman–Crippen MR) is 77.3 cm³/mol. The summed E-state index contributed by atoms with van der Waals surface area (Å²) < 4.78 is 0. The van der Waals surface area contributed by atoms with Crippen molar-refractivity contribution >= 4 is 11.3 Å². The van der Waals surface area contributed by atoms with Crippen LogP contribution in [0.1, 0.15) is 39.5 Å². The Labute approximate surface area is 110 Å². The maximum Gasteiger partial charge on any atom is 0.0328 e. The molecule has 0 spiro atoms. The van der Waals surface area contributed by atoms with Crippen LogP contribution in [0.4, 0.5) is 0 Å². The molecule has 17 heavy (non-hydrogen) atoms. The monoisotopic (exact) mass is 254 g/mol. The van der Waals surface area contributed by atoms with E-state index in [0.717, 1.165) is 19.6 Å². The highest BCUT2D eigenvalue weighted by molar-refractivity contribution is 7.09. The molecule has 0 radical (unpaired) electrons. The van der Waals surface area contributed by atoms with E-state index in [4.69, 9.17) is 5.73 Å². The van der Waals surface area contributed by atoms with E-state index in [-0.39, 0.29) is 11.0 Å². The highest BCUT2D eigenvalue weighted by Crippen LogP contribution is 2.29. The summed E-state index contributed by atoms with van der Waals surface area (Å²) in [5, 5.41) is 2.14. The Morgan fingerprint density at radius 1 is 1.29 bits per heavy atom. The van der Waals surface area contributed by atoms with Gasteiger partial charge >= 0.3 is 0 Å². The summed E-state index contributed by atoms with van der Waals surface area (Å²) in [5.74, 6) is 0. The maximum atomic E-state index is 6.27. The summed E-state index contributed by atoms with van der Waals surface area (Å²) in [5.41, 5.74) is 6.22. The normalized spacial score (nSPS) is 13.4. The maximum absolute atomic E-state index is 6.27. The molecule has 0 fully saturated rings. The molecule has 2 N–H and O–H groups in total. The number of nitrogens with two attached hydrogens (primary N) is 1. The van der Waals surface area contributed by atoms with Gasteiger partial charge in [0, 0.05) is 23.5 Å². The predicted octanol–water partition coefficient (Wildman–Crippen LogP) is 3.33. The van der Waals surface area contributed by atoms with Gasteiger partial charge in [-0.25, -0.2) is 0 Å². The first-order valence-electron chi connectivity index (χ1n) is 6.30. The zero-order chi connectivity index (χ0) is 13.1. The minimum atomic E-state index is -0.157. The minimum Gasteiger partial charge on any atom is -0.325 e. The number of thiophene rings is 1. The summed E-state index contributed by atoms with van der Waals surface area (Å²) in [6, 6.07) is 4.32. The molecular formula is C14H26N2S. The lowest BCUT2D eigenvalue weighted by Crippen LogP contribution is -2.52. The van der Waals surface area contributed by atoms with Crippen LogP contribution in [0.25, 0.3) is 0 Å². The van der Waals surface area contributed by atoms with Gasteiger partial charge in [-0.15, -0.1) is 11.3 Å². The first kappa shape index (κ1) is 14.7. The van der Waals surface area contributed by atoms with Gasteiger partial charge in [-0.3, -0.25) is 4.90 Å². The van der Waals surface area contributed by atoms with Crippen molar-refractivity contribution < 1.29 is 0 Å². The summed E-state index contributed by atoms with van der Waals surface area (Å²) in [6.45, 7) is 14.1. The van der Waals surface area contributed by atoms with Gasteiger partial charge < -0.3 is 5.73 Å². The summed E-state index contributed by atoms with van der Waals surface area (Å²) in [4.78, 5) is 3.90. The van der Waals surface area contributed by atoms with Crippen LogP contribution in [-0.2, 0) is 6.54 Å². The van der Waals surface area contributed by atoms with Crippen molar-refractivity contribution in [2.75, 3.05) is 13.1 Å². The molecule has 0 aliphatic rings. The summed E-state index contributed by atoms with van der Waals surface area (Å²) >= 11 is 1.83. The van der Waals surface area contributed by atoms with E-state index in [0.29, 0.717) is 0 Å². The van der Waals surface area contributed by atoms with Crippen LogP contribution in [0.5, 0.6) is 0 Å². The molecule has 1 aromatic heterocycles. The molecule has 0 saturated carbocycles. The van der Waals surface area contributed by atoms with E-state index in [1.54, 1.807) is 0 Å². The van der Waals surface area contributed by atoms with E-state index in [2.05, 4.69) is 57.0 Å². The molecule has 1 rings (SSSR count). The van der Waals surface area contributed by atoms with Crippen molar-refractivity contribution in [3.63, 3.8) is 0 Å². The van der Waals surface area contributed by atoms with Gasteiger partial charge in [-0.1, -0.05) is 26.8 Å². The second kappa shape index (κ2) is 5.51. The highest BCUT2D eigenvalue weighted by Gasteiger charge is 2.34. The lowest BCUT2D eigenvalue weighted by atomic mass is 9.75. The SMILES string of the molecule is CCN(Cc1cccs1)CC(C)(C)C(C)(C)N. The van der Waals surface area contributed by atoms with Gasteiger partial charge in [0.05, 0.1) is 0 Å². The molecular weight excluding hydrogens is 228 g/mol. The number of hydrogen-bond donors (Lipinski definition) is 1. The first-order valence-corrected chi connectivity index (χ1v) is 7.18. The van der Waals surface area contributed by atoms with Crippen LogP contribution in [0.15, 0.2) is 17.5 Å². The smallest absolute Gasteiger partial charge is 0.0328 e. The molecule has 0 atom stereocenters. The average molecular weight is 254 g/mol. The van der Waals surface area contributed by atoms with Crippen LogP contribution in [0.3, 0.4) is 0 Å². The fourth-order valence-electron chi connectivity index (χ4n) is 1.67. The van der Waals surface area contributed by atoms with Crippen molar-refractivity contribution in [3.05, 3.63) is 22.4 Å². The molecule has 1 heterocycles. The fourth-order valence-corrected chi connectivity index (χ4v) is 2.41. The third-order valence-corrected chi connectivity index (χ3v) is 4.63. The van der Waals surface area contributed by atoms with E-state index in [9.17, 15) is 0 Å². The zero-order valence-electron chi connectivity index (χ0n) is 11.8. The second-order valence-corrected chi connectivity index (χ2v) is 7.02. The van der Waals surface area contributed by atoms with Crippen LogP contribution in [0.2, 0.25) is 0 Å². The van der Waals surface area contributed by atoms with E-state index >= 15 is 0 Å². The van der Waals surface area contributed by atoms with Gasteiger partial charge in [-0.05, 0) is 37.3 Å². The Bertz CT molecular complexity index is 322. The Kier molecular flexibility index (Phi) is 4.76. The van der Waals surface area contributed by atoms with Gasteiger partial charge in [0.1, 0.15) is 0 Å². The number of nitrogens with zero attached hydrogens (tertiary/aromatic N) is 1. The van der Waals surface area contributed by atoms with E-state index in [1.807, 2.05) is 11.3 Å². The molecule has 1 aromatic rings. The average Bonchev–Trinajstić information content (AvgIpc) is 2.67. The molecule has 0 aliphatic carbocycles. The van der Waals surface area contributed by atoms with Gasteiger partial charge in [0.15, 0.2) is 0 Å². The van der Waals surface area contributed by atoms with Crippen LogP contribution < -0.4 is 5.73 Å². The third-order valence-electron chi connectivity index (χ3n) is 3.77. The molecule has 0 aliphatic heterocycles. The minimum absolute atomic E-state index is 0.111. The van der Waals surface area contributed by atoms with Crippen LogP contribution in [0, 0.1) is 5.41 Å². The molecule has 0 amide bonds. The first-order chi connectivity index (χ1) is 7.76. The Balaban J connectivity index is 2.64. The van der Waals surface area contributed by atoms with E-state index < -0.39 is 0 Å². The topological polar surface area (TPSA) is 29.3 Å². The lowest BCUT2D eigenvalue weighted by molar-refractivity contribution is 0.113. The Hall–Kier alpha value is -0.380. The van der Waals surface area contributed by atoms with Gasteiger partial charge in [0.25, 0.3) is 0 Å². The van der Waals surface area contributed by atoms with Crippen molar-refractivity contribution in [1.29, 1.82) is 0 Å². The lowest BCUT2D eigenvalue weighted by Gasteiger charge is -2.42. The fraction of sp³-hybridized carbons (Fsp3) is 0.714. The molecule has 0 aromatic carbocycles. The van der Waals surface area contributed by atoms with Gasteiger partial charge in [-0.2, -0.15) is 0 Å². The number of rotatable bonds is 6. The molecule has 0 bridgehead atoms. The standard InChI is InChI=1S/C14H26N2S/c1-6-16(10-12-8-7-9-17-12)11-13(2,3)14(4,5)15/h7-9H,6,10-11,15H2,1-5H3.